The molecule has 1 unspecified atom stereocenters. The van der Waals surface area contributed by atoms with Crippen molar-refractivity contribution in [3.63, 3.8) is 0 Å². The molecule has 0 radical (unpaired) electrons. The number of aromatic hydroxyl groups is 1. The minimum Gasteiger partial charge on any atom is -0.508 e. The lowest BCUT2D eigenvalue weighted by Crippen LogP contribution is -2.22. The zero-order chi connectivity index (χ0) is 10.1. The molecule has 1 atom stereocenters. The highest BCUT2D eigenvalue weighted by atomic mass is 16.3. The van der Waals surface area contributed by atoms with Crippen molar-refractivity contribution in [1.82, 2.24) is 5.32 Å². The van der Waals surface area contributed by atoms with Crippen LogP contribution in [0.25, 0.3) is 5.57 Å². The fraction of sp³-hybridized carbons (Fsp3) is 0.333. The average molecular weight is 189 g/mol. The minimum atomic E-state index is 0.357. The molecule has 0 bridgehead atoms. The third-order valence-electron chi connectivity index (χ3n) is 2.84. The van der Waals surface area contributed by atoms with E-state index in [9.17, 15) is 5.11 Å². The average Bonchev–Trinajstić information content (AvgIpc) is 2.59. The van der Waals surface area contributed by atoms with Crippen molar-refractivity contribution in [2.75, 3.05) is 7.05 Å². The van der Waals surface area contributed by atoms with E-state index in [2.05, 4.69) is 18.3 Å². The van der Waals surface area contributed by atoms with Crippen molar-refractivity contribution in [3.05, 3.63) is 35.4 Å². The quantitative estimate of drug-likeness (QED) is 0.745. The largest absolute Gasteiger partial charge is 0.508 e. The predicted molar refractivity (Wildman–Crippen MR) is 58.3 cm³/mol. The number of hydrogen-bond donors (Lipinski definition) is 2. The number of nitrogens with one attached hydrogen (secondary N) is 1. The van der Waals surface area contributed by atoms with Gasteiger partial charge >= 0.3 is 0 Å². The number of fused-ring (bicyclic) bond motifs is 1. The van der Waals surface area contributed by atoms with Gasteiger partial charge in [0.15, 0.2) is 0 Å². The van der Waals surface area contributed by atoms with Gasteiger partial charge in [0, 0.05) is 6.04 Å². The molecule has 74 valence electrons. The Morgan fingerprint density at radius 2 is 2.21 bits per heavy atom. The summed E-state index contributed by atoms with van der Waals surface area (Å²) < 4.78 is 0. The van der Waals surface area contributed by atoms with Crippen LogP contribution in [0.5, 0.6) is 5.75 Å². The number of phenols is 1. The van der Waals surface area contributed by atoms with Crippen LogP contribution in [0, 0.1) is 0 Å². The first-order valence-electron chi connectivity index (χ1n) is 4.92. The van der Waals surface area contributed by atoms with Crippen LogP contribution in [0.1, 0.15) is 18.1 Å². The van der Waals surface area contributed by atoms with E-state index in [1.165, 1.54) is 16.7 Å². The summed E-state index contributed by atoms with van der Waals surface area (Å²) in [4.78, 5) is 0. The third-order valence-corrected chi connectivity index (χ3v) is 2.84. The summed E-state index contributed by atoms with van der Waals surface area (Å²) in [6, 6.07) is 5.97. The van der Waals surface area contributed by atoms with Gasteiger partial charge in [-0.2, -0.15) is 0 Å². The molecule has 0 heterocycles. The molecule has 0 aromatic heterocycles. The maximum Gasteiger partial charge on any atom is 0.115 e. The van der Waals surface area contributed by atoms with E-state index in [4.69, 9.17) is 0 Å². The highest BCUT2D eigenvalue weighted by Gasteiger charge is 2.17. The Labute approximate surface area is 84.3 Å². The second kappa shape index (κ2) is 3.46. The van der Waals surface area contributed by atoms with Crippen molar-refractivity contribution in [3.8, 4) is 5.75 Å². The second-order valence-corrected chi connectivity index (χ2v) is 3.72. The minimum absolute atomic E-state index is 0.357. The van der Waals surface area contributed by atoms with Gasteiger partial charge in [-0.15, -0.1) is 0 Å². The first-order valence-corrected chi connectivity index (χ1v) is 4.92. The fourth-order valence-electron chi connectivity index (χ4n) is 1.93. The van der Waals surface area contributed by atoms with Gasteiger partial charge in [0.25, 0.3) is 0 Å². The van der Waals surface area contributed by atoms with Crippen LogP contribution in [0.15, 0.2) is 24.3 Å². The molecule has 1 aromatic carbocycles. The van der Waals surface area contributed by atoms with Crippen LogP contribution < -0.4 is 5.32 Å². The van der Waals surface area contributed by atoms with E-state index in [1.807, 2.05) is 19.2 Å². The van der Waals surface area contributed by atoms with Crippen LogP contribution in [-0.2, 0) is 6.42 Å². The molecule has 1 aromatic rings. The summed E-state index contributed by atoms with van der Waals surface area (Å²) in [6.45, 7) is 2.15. The number of allylic oxidation sites excluding steroid dienone is 1. The summed E-state index contributed by atoms with van der Waals surface area (Å²) in [5.74, 6) is 0.357. The first-order chi connectivity index (χ1) is 6.72. The van der Waals surface area contributed by atoms with Crippen molar-refractivity contribution >= 4 is 5.57 Å². The lowest BCUT2D eigenvalue weighted by atomic mass is 10.0. The molecule has 0 saturated carbocycles. The molecule has 0 saturated heterocycles. The maximum atomic E-state index is 9.34. The summed E-state index contributed by atoms with van der Waals surface area (Å²) >= 11 is 0. The zero-order valence-electron chi connectivity index (χ0n) is 8.54. The van der Waals surface area contributed by atoms with Gasteiger partial charge in [0.2, 0.25) is 0 Å². The highest BCUT2D eigenvalue weighted by molar-refractivity contribution is 5.76. The second-order valence-electron chi connectivity index (χ2n) is 3.72. The van der Waals surface area contributed by atoms with Gasteiger partial charge in [-0.1, -0.05) is 12.1 Å². The van der Waals surface area contributed by atoms with Crippen LogP contribution in [0.3, 0.4) is 0 Å². The van der Waals surface area contributed by atoms with Gasteiger partial charge < -0.3 is 10.4 Å². The molecule has 0 fully saturated rings. The molecular formula is C12H15NO. The standard InChI is InChI=1S/C12H15NO/c1-8(13-2)11-5-3-9-7-10(14)4-6-12(9)11/h4-8,13-14H,3H2,1-2H3. The number of likely N-dealkylation sites (N-methyl/N-ethyl adjacent to an activating group) is 1. The zero-order valence-corrected chi connectivity index (χ0v) is 8.54. The van der Waals surface area contributed by atoms with E-state index < -0.39 is 0 Å². The highest BCUT2D eigenvalue weighted by Crippen LogP contribution is 2.31. The number of phenolic OH excluding ortho intramolecular Hbond substituents is 1. The van der Waals surface area contributed by atoms with Gasteiger partial charge in [0.1, 0.15) is 5.75 Å². The smallest absolute Gasteiger partial charge is 0.115 e. The van der Waals surface area contributed by atoms with Crippen LogP contribution in [0.4, 0.5) is 0 Å². The molecule has 0 spiro atoms. The molecule has 2 N–H and O–H groups in total. The number of benzene rings is 1. The van der Waals surface area contributed by atoms with Crippen molar-refractivity contribution in [2.45, 2.75) is 19.4 Å². The fourth-order valence-corrected chi connectivity index (χ4v) is 1.93. The molecular weight excluding hydrogens is 174 g/mol. The normalized spacial score (nSPS) is 16.3. The summed E-state index contributed by atoms with van der Waals surface area (Å²) in [7, 11) is 1.96. The molecule has 1 aliphatic rings. The first kappa shape index (κ1) is 9.28. The third kappa shape index (κ3) is 1.42. The van der Waals surface area contributed by atoms with Gasteiger partial charge in [-0.3, -0.25) is 0 Å². The topological polar surface area (TPSA) is 32.3 Å². The Balaban J connectivity index is 2.37. The monoisotopic (exact) mass is 189 g/mol. The SMILES string of the molecule is CNC(C)C1=CCc2cc(O)ccc21. The molecule has 2 nitrogen and oxygen atoms in total. The van der Waals surface area contributed by atoms with E-state index in [1.54, 1.807) is 6.07 Å². The van der Waals surface area contributed by atoms with Crippen molar-refractivity contribution < 1.29 is 5.11 Å². The Morgan fingerprint density at radius 3 is 2.93 bits per heavy atom. The Bertz CT molecular complexity index is 382. The van der Waals surface area contributed by atoms with Gasteiger partial charge in [0.05, 0.1) is 0 Å². The van der Waals surface area contributed by atoms with E-state index in [-0.39, 0.29) is 0 Å². The molecule has 2 heteroatoms. The summed E-state index contributed by atoms with van der Waals surface area (Å²) in [5, 5.41) is 12.6. The maximum absolute atomic E-state index is 9.34. The van der Waals surface area contributed by atoms with Crippen molar-refractivity contribution in [2.24, 2.45) is 0 Å². The van der Waals surface area contributed by atoms with E-state index in [0.29, 0.717) is 11.8 Å². The Hall–Kier alpha value is -1.28. The summed E-state index contributed by atoms with van der Waals surface area (Å²) in [6.07, 6.45) is 3.16. The number of hydrogen-bond acceptors (Lipinski definition) is 2. The molecule has 2 rings (SSSR count). The lowest BCUT2D eigenvalue weighted by Gasteiger charge is -2.13. The molecule has 1 aliphatic carbocycles. The van der Waals surface area contributed by atoms with Crippen LogP contribution >= 0.6 is 0 Å². The molecule has 14 heavy (non-hydrogen) atoms. The van der Waals surface area contributed by atoms with Crippen LogP contribution in [0.2, 0.25) is 0 Å². The molecule has 0 aliphatic heterocycles. The summed E-state index contributed by atoms with van der Waals surface area (Å²) in [5.41, 5.74) is 3.83. The van der Waals surface area contributed by atoms with E-state index >= 15 is 0 Å². The van der Waals surface area contributed by atoms with E-state index in [0.717, 1.165) is 6.42 Å². The van der Waals surface area contributed by atoms with Crippen molar-refractivity contribution in [1.29, 1.82) is 0 Å². The van der Waals surface area contributed by atoms with Gasteiger partial charge in [-0.25, -0.2) is 0 Å². The molecule has 0 amide bonds. The predicted octanol–water partition coefficient (Wildman–Crippen LogP) is 1.94. The Kier molecular flexibility index (Phi) is 2.30. The number of rotatable bonds is 2. The lowest BCUT2D eigenvalue weighted by molar-refractivity contribution is 0.474. The van der Waals surface area contributed by atoms with Crippen LogP contribution in [-0.4, -0.2) is 18.2 Å². The Morgan fingerprint density at radius 1 is 1.43 bits per heavy atom. The van der Waals surface area contributed by atoms with Gasteiger partial charge in [-0.05, 0) is 49.2 Å².